The van der Waals surface area contributed by atoms with Gasteiger partial charge >= 0.3 is 0 Å². The molecule has 0 spiro atoms. The molecule has 0 amide bonds. The molecule has 2 aromatic rings. The molecule has 0 saturated carbocycles. The van der Waals surface area contributed by atoms with E-state index >= 15 is 0 Å². The van der Waals surface area contributed by atoms with Gasteiger partial charge in [-0.1, -0.05) is 0 Å². The Bertz CT molecular complexity index is 404. The minimum Gasteiger partial charge on any atom is -0.373 e. The van der Waals surface area contributed by atoms with Crippen molar-refractivity contribution in [2.24, 2.45) is 0 Å². The number of nitrogens with one attached hydrogen (secondary N) is 1. The largest absolute Gasteiger partial charge is 0.373 e. The van der Waals surface area contributed by atoms with Gasteiger partial charge in [0.2, 0.25) is 0 Å². The van der Waals surface area contributed by atoms with E-state index < -0.39 is 0 Å². The lowest BCUT2D eigenvalue weighted by atomic mass is 10.3. The molecule has 1 N–H and O–H groups in total. The first kappa shape index (κ1) is 7.09. The van der Waals surface area contributed by atoms with Gasteiger partial charge in [0.05, 0.1) is 11.7 Å². The summed E-state index contributed by atoms with van der Waals surface area (Å²) < 4.78 is 1.76. The van der Waals surface area contributed by atoms with Crippen molar-refractivity contribution in [3.05, 3.63) is 24.2 Å². The molecule has 62 valence electrons. The van der Waals surface area contributed by atoms with Crippen molar-refractivity contribution in [3.8, 4) is 0 Å². The van der Waals surface area contributed by atoms with Crippen molar-refractivity contribution in [2.75, 3.05) is 12.4 Å². The lowest BCUT2D eigenvalue weighted by molar-refractivity contribution is 0.923. The smallest absolute Gasteiger partial charge is 0.129 e. The number of hydrogen-bond acceptors (Lipinski definition) is 3. The van der Waals surface area contributed by atoms with E-state index in [1.807, 2.05) is 26.2 Å². The highest BCUT2D eigenvalue weighted by Gasteiger charge is 1.99. The molecular weight excluding hydrogens is 152 g/mol. The second kappa shape index (κ2) is 2.48. The first-order chi connectivity index (χ1) is 5.81. The van der Waals surface area contributed by atoms with Gasteiger partial charge in [-0.2, -0.15) is 5.10 Å². The molecule has 0 saturated heterocycles. The molecule has 2 heterocycles. The molecule has 0 bridgehead atoms. The Kier molecular flexibility index (Phi) is 1.46. The van der Waals surface area contributed by atoms with Crippen LogP contribution in [0.1, 0.15) is 5.56 Å². The monoisotopic (exact) mass is 162 g/mol. The number of aromatic nitrogens is 3. The molecule has 0 unspecified atom stereocenters. The van der Waals surface area contributed by atoms with Crippen LogP contribution >= 0.6 is 0 Å². The summed E-state index contributed by atoms with van der Waals surface area (Å²) >= 11 is 0. The van der Waals surface area contributed by atoms with Gasteiger partial charge in [-0.15, -0.1) is 0 Å². The average molecular weight is 162 g/mol. The van der Waals surface area contributed by atoms with Crippen molar-refractivity contribution in [3.63, 3.8) is 0 Å². The van der Waals surface area contributed by atoms with Gasteiger partial charge in [-0.3, -0.25) is 0 Å². The van der Waals surface area contributed by atoms with Gasteiger partial charge in [-0.05, 0) is 12.5 Å². The molecule has 0 aromatic carbocycles. The summed E-state index contributed by atoms with van der Waals surface area (Å²) in [6.07, 6.45) is 3.53. The van der Waals surface area contributed by atoms with Crippen LogP contribution in [0.2, 0.25) is 0 Å². The van der Waals surface area contributed by atoms with Gasteiger partial charge in [0, 0.05) is 13.1 Å². The van der Waals surface area contributed by atoms with Crippen molar-refractivity contribution < 1.29 is 0 Å². The molecule has 2 rings (SSSR count). The van der Waals surface area contributed by atoms with Crippen LogP contribution in [0.25, 0.3) is 5.52 Å². The lowest BCUT2D eigenvalue weighted by Gasteiger charge is -1.98. The third kappa shape index (κ3) is 0.922. The van der Waals surface area contributed by atoms with E-state index in [1.165, 1.54) is 0 Å². The van der Waals surface area contributed by atoms with E-state index in [1.54, 1.807) is 10.8 Å². The van der Waals surface area contributed by atoms with Crippen LogP contribution < -0.4 is 5.32 Å². The van der Waals surface area contributed by atoms with E-state index in [4.69, 9.17) is 0 Å². The standard InChI is InChI=1S/C8H10N4/c1-6-4-11-12-5-10-8(9-2)3-7(6)12/h3-5,9H,1-2H3. The van der Waals surface area contributed by atoms with Gasteiger partial charge < -0.3 is 5.32 Å². The maximum absolute atomic E-state index is 4.13. The fourth-order valence-corrected chi connectivity index (χ4v) is 1.15. The van der Waals surface area contributed by atoms with Crippen LogP contribution in [-0.4, -0.2) is 21.6 Å². The molecule has 0 atom stereocenters. The second-order valence-electron chi connectivity index (χ2n) is 2.68. The maximum atomic E-state index is 4.13. The zero-order valence-corrected chi connectivity index (χ0v) is 7.07. The Morgan fingerprint density at radius 2 is 2.33 bits per heavy atom. The molecule has 0 aliphatic rings. The van der Waals surface area contributed by atoms with Crippen LogP contribution in [0.4, 0.5) is 5.82 Å². The molecule has 0 fully saturated rings. The van der Waals surface area contributed by atoms with E-state index in [2.05, 4.69) is 15.4 Å². The number of rotatable bonds is 1. The molecule has 12 heavy (non-hydrogen) atoms. The van der Waals surface area contributed by atoms with E-state index in [0.29, 0.717) is 0 Å². The average Bonchev–Trinajstić information content (AvgIpc) is 2.47. The molecule has 0 aliphatic carbocycles. The minimum atomic E-state index is 0.867. The summed E-state index contributed by atoms with van der Waals surface area (Å²) in [6.45, 7) is 2.03. The normalized spacial score (nSPS) is 10.5. The lowest BCUT2D eigenvalue weighted by Crippen LogP contribution is -1.95. The number of anilines is 1. The quantitative estimate of drug-likeness (QED) is 0.682. The molecule has 0 aliphatic heterocycles. The Morgan fingerprint density at radius 1 is 1.50 bits per heavy atom. The van der Waals surface area contributed by atoms with Crippen LogP contribution in [0.15, 0.2) is 18.6 Å². The Morgan fingerprint density at radius 3 is 3.08 bits per heavy atom. The Labute approximate surface area is 70.2 Å². The summed E-state index contributed by atoms with van der Waals surface area (Å²) in [5, 5.41) is 7.10. The van der Waals surface area contributed by atoms with Crippen LogP contribution in [0.5, 0.6) is 0 Å². The molecule has 0 radical (unpaired) electrons. The van der Waals surface area contributed by atoms with Crippen LogP contribution in [-0.2, 0) is 0 Å². The zero-order valence-electron chi connectivity index (χ0n) is 7.07. The predicted octanol–water partition coefficient (Wildman–Crippen LogP) is 1.08. The fraction of sp³-hybridized carbons (Fsp3) is 0.250. The van der Waals surface area contributed by atoms with E-state index in [9.17, 15) is 0 Å². The minimum absolute atomic E-state index is 0.867. The highest BCUT2D eigenvalue weighted by Crippen LogP contribution is 2.11. The van der Waals surface area contributed by atoms with Crippen LogP contribution in [0.3, 0.4) is 0 Å². The van der Waals surface area contributed by atoms with Gasteiger partial charge in [0.1, 0.15) is 12.1 Å². The molecular formula is C8H10N4. The summed E-state index contributed by atoms with van der Waals surface area (Å²) in [7, 11) is 1.85. The Balaban J connectivity index is 2.71. The highest BCUT2D eigenvalue weighted by molar-refractivity contribution is 5.58. The second-order valence-corrected chi connectivity index (χ2v) is 2.68. The van der Waals surface area contributed by atoms with Gasteiger partial charge in [-0.25, -0.2) is 9.50 Å². The summed E-state index contributed by atoms with van der Waals surface area (Å²) in [5.41, 5.74) is 2.25. The van der Waals surface area contributed by atoms with Gasteiger partial charge in [0.15, 0.2) is 0 Å². The summed E-state index contributed by atoms with van der Waals surface area (Å²) in [5.74, 6) is 0.867. The van der Waals surface area contributed by atoms with Crippen molar-refractivity contribution in [2.45, 2.75) is 6.92 Å². The Hall–Kier alpha value is -1.58. The fourth-order valence-electron chi connectivity index (χ4n) is 1.15. The maximum Gasteiger partial charge on any atom is 0.129 e. The van der Waals surface area contributed by atoms with Crippen molar-refractivity contribution in [1.29, 1.82) is 0 Å². The zero-order chi connectivity index (χ0) is 8.55. The van der Waals surface area contributed by atoms with Gasteiger partial charge in [0.25, 0.3) is 0 Å². The number of nitrogens with zero attached hydrogens (tertiary/aromatic N) is 3. The van der Waals surface area contributed by atoms with E-state index in [0.717, 1.165) is 16.9 Å². The number of fused-ring (bicyclic) bond motifs is 1. The summed E-state index contributed by atoms with van der Waals surface area (Å²) in [6, 6.07) is 1.97. The SMILES string of the molecule is CNc1cc2c(C)cnn2cn1. The molecule has 4 nitrogen and oxygen atoms in total. The highest BCUT2D eigenvalue weighted by atomic mass is 15.2. The van der Waals surface area contributed by atoms with Crippen molar-refractivity contribution in [1.82, 2.24) is 14.6 Å². The van der Waals surface area contributed by atoms with E-state index in [-0.39, 0.29) is 0 Å². The predicted molar refractivity (Wildman–Crippen MR) is 47.3 cm³/mol. The van der Waals surface area contributed by atoms with Crippen molar-refractivity contribution >= 4 is 11.3 Å². The third-order valence-corrected chi connectivity index (χ3v) is 1.86. The van der Waals surface area contributed by atoms with Crippen LogP contribution in [0, 0.1) is 6.92 Å². The first-order valence-electron chi connectivity index (χ1n) is 3.79. The molecule has 2 aromatic heterocycles. The number of hydrogen-bond donors (Lipinski definition) is 1. The first-order valence-corrected chi connectivity index (χ1v) is 3.79. The topological polar surface area (TPSA) is 42.2 Å². The molecule has 4 heteroatoms. The third-order valence-electron chi connectivity index (χ3n) is 1.86. The summed E-state index contributed by atoms with van der Waals surface area (Å²) in [4.78, 5) is 4.13. The number of aryl methyl sites for hydroxylation is 1.